The highest BCUT2D eigenvalue weighted by molar-refractivity contribution is 5.60. The summed E-state index contributed by atoms with van der Waals surface area (Å²) in [6, 6.07) is 9.05. The summed E-state index contributed by atoms with van der Waals surface area (Å²) in [6.45, 7) is 0. The van der Waals surface area contributed by atoms with E-state index in [1.54, 1.807) is 29.2 Å². The molecule has 0 aliphatic rings. The zero-order chi connectivity index (χ0) is 9.80. The SMILES string of the molecule is O=C=Nc1ccccc1-n1cccn1. The summed E-state index contributed by atoms with van der Waals surface area (Å²) in [5, 5.41) is 4.06. The lowest BCUT2D eigenvalue weighted by Gasteiger charge is -2.02. The molecule has 2 rings (SSSR count). The summed E-state index contributed by atoms with van der Waals surface area (Å²) >= 11 is 0. The van der Waals surface area contributed by atoms with Crippen molar-refractivity contribution in [3.63, 3.8) is 0 Å². The van der Waals surface area contributed by atoms with Crippen LogP contribution in [0.2, 0.25) is 0 Å². The van der Waals surface area contributed by atoms with Gasteiger partial charge in [-0.1, -0.05) is 12.1 Å². The zero-order valence-electron chi connectivity index (χ0n) is 7.29. The van der Waals surface area contributed by atoms with Gasteiger partial charge in [0.25, 0.3) is 0 Å². The average Bonchev–Trinajstić information content (AvgIpc) is 2.72. The maximum Gasteiger partial charge on any atom is 0.240 e. The summed E-state index contributed by atoms with van der Waals surface area (Å²) in [4.78, 5) is 13.8. The van der Waals surface area contributed by atoms with E-state index < -0.39 is 0 Å². The van der Waals surface area contributed by atoms with Crippen LogP contribution in [-0.2, 0) is 4.79 Å². The van der Waals surface area contributed by atoms with Crippen LogP contribution in [0.4, 0.5) is 5.69 Å². The molecule has 1 aromatic heterocycles. The van der Waals surface area contributed by atoms with Crippen LogP contribution in [0.3, 0.4) is 0 Å². The van der Waals surface area contributed by atoms with Crippen LogP contribution in [0.15, 0.2) is 47.7 Å². The lowest BCUT2D eigenvalue weighted by Crippen LogP contribution is -1.93. The number of hydrogen-bond acceptors (Lipinski definition) is 3. The van der Waals surface area contributed by atoms with Crippen molar-refractivity contribution in [3.8, 4) is 5.69 Å². The summed E-state index contributed by atoms with van der Waals surface area (Å²) in [5.41, 5.74) is 1.33. The molecule has 0 radical (unpaired) electrons. The molecule has 14 heavy (non-hydrogen) atoms. The van der Waals surface area contributed by atoms with Crippen LogP contribution in [0.1, 0.15) is 0 Å². The minimum Gasteiger partial charge on any atom is -0.239 e. The lowest BCUT2D eigenvalue weighted by atomic mass is 10.3. The number of carbonyl (C=O) groups excluding carboxylic acids is 1. The first-order valence-electron chi connectivity index (χ1n) is 4.09. The van der Waals surface area contributed by atoms with Gasteiger partial charge in [0.2, 0.25) is 6.08 Å². The van der Waals surface area contributed by atoms with Crippen molar-refractivity contribution in [2.75, 3.05) is 0 Å². The molecule has 2 aromatic rings. The molecule has 0 unspecified atom stereocenters. The molecule has 1 aromatic carbocycles. The molecule has 0 amide bonds. The summed E-state index contributed by atoms with van der Waals surface area (Å²) in [7, 11) is 0. The number of hydrogen-bond donors (Lipinski definition) is 0. The second kappa shape index (κ2) is 3.68. The molecule has 0 saturated heterocycles. The highest BCUT2D eigenvalue weighted by atomic mass is 16.1. The number of aromatic nitrogens is 2. The van der Waals surface area contributed by atoms with Crippen LogP contribution in [0, 0.1) is 0 Å². The van der Waals surface area contributed by atoms with Crippen LogP contribution >= 0.6 is 0 Å². The zero-order valence-corrected chi connectivity index (χ0v) is 7.29. The van der Waals surface area contributed by atoms with E-state index in [9.17, 15) is 4.79 Å². The fourth-order valence-electron chi connectivity index (χ4n) is 1.21. The van der Waals surface area contributed by atoms with Crippen molar-refractivity contribution in [2.24, 2.45) is 4.99 Å². The van der Waals surface area contributed by atoms with Gasteiger partial charge in [-0.2, -0.15) is 10.1 Å². The van der Waals surface area contributed by atoms with E-state index >= 15 is 0 Å². The van der Waals surface area contributed by atoms with Crippen molar-refractivity contribution < 1.29 is 4.79 Å². The second-order valence-corrected chi connectivity index (χ2v) is 2.64. The molecule has 0 aliphatic heterocycles. The third-order valence-electron chi connectivity index (χ3n) is 1.80. The quantitative estimate of drug-likeness (QED) is 0.529. The van der Waals surface area contributed by atoms with Crippen LogP contribution in [0.25, 0.3) is 5.69 Å². The highest BCUT2D eigenvalue weighted by Gasteiger charge is 2.01. The van der Waals surface area contributed by atoms with E-state index in [0.29, 0.717) is 5.69 Å². The Balaban J connectivity index is 2.57. The number of isocyanates is 1. The number of rotatable bonds is 2. The third-order valence-corrected chi connectivity index (χ3v) is 1.80. The van der Waals surface area contributed by atoms with Crippen LogP contribution in [-0.4, -0.2) is 15.9 Å². The summed E-state index contributed by atoms with van der Waals surface area (Å²) in [5.74, 6) is 0. The van der Waals surface area contributed by atoms with Crippen molar-refractivity contribution in [1.82, 2.24) is 9.78 Å². The van der Waals surface area contributed by atoms with E-state index in [1.165, 1.54) is 6.08 Å². The molecule has 0 fully saturated rings. The minimum atomic E-state index is 0.561. The van der Waals surface area contributed by atoms with Crippen molar-refractivity contribution >= 4 is 11.8 Å². The maximum atomic E-state index is 10.2. The van der Waals surface area contributed by atoms with E-state index in [2.05, 4.69) is 10.1 Å². The molecule has 1 heterocycles. The van der Waals surface area contributed by atoms with Gasteiger partial charge in [-0.25, -0.2) is 9.48 Å². The summed E-state index contributed by atoms with van der Waals surface area (Å²) < 4.78 is 1.65. The Labute approximate surface area is 80.5 Å². The molecule has 0 atom stereocenters. The molecule has 68 valence electrons. The van der Waals surface area contributed by atoms with Gasteiger partial charge in [-0.3, -0.25) is 0 Å². The smallest absolute Gasteiger partial charge is 0.239 e. The molecule has 0 spiro atoms. The van der Waals surface area contributed by atoms with Gasteiger partial charge in [0, 0.05) is 12.4 Å². The average molecular weight is 185 g/mol. The topological polar surface area (TPSA) is 47.2 Å². The van der Waals surface area contributed by atoms with Gasteiger partial charge >= 0.3 is 0 Å². The van der Waals surface area contributed by atoms with E-state index in [4.69, 9.17) is 0 Å². The van der Waals surface area contributed by atoms with Gasteiger partial charge in [0.05, 0.1) is 5.69 Å². The third kappa shape index (κ3) is 1.46. The Morgan fingerprint density at radius 1 is 1.29 bits per heavy atom. The predicted octanol–water partition coefficient (Wildman–Crippen LogP) is 1.84. The van der Waals surface area contributed by atoms with Crippen molar-refractivity contribution in [2.45, 2.75) is 0 Å². The molecule has 0 saturated carbocycles. The van der Waals surface area contributed by atoms with Gasteiger partial charge < -0.3 is 0 Å². The van der Waals surface area contributed by atoms with Crippen LogP contribution < -0.4 is 0 Å². The van der Waals surface area contributed by atoms with E-state index in [-0.39, 0.29) is 0 Å². The number of nitrogens with zero attached hydrogens (tertiary/aromatic N) is 3. The molecule has 4 heteroatoms. The number of benzene rings is 1. The normalized spacial score (nSPS) is 9.43. The molecular weight excluding hydrogens is 178 g/mol. The van der Waals surface area contributed by atoms with E-state index in [1.807, 2.05) is 18.2 Å². The summed E-state index contributed by atoms with van der Waals surface area (Å²) in [6.07, 6.45) is 4.98. The van der Waals surface area contributed by atoms with Crippen molar-refractivity contribution in [3.05, 3.63) is 42.7 Å². The molecule has 0 N–H and O–H groups in total. The Morgan fingerprint density at radius 3 is 2.86 bits per heavy atom. The van der Waals surface area contributed by atoms with Gasteiger partial charge in [-0.15, -0.1) is 0 Å². The monoisotopic (exact) mass is 185 g/mol. The highest BCUT2D eigenvalue weighted by Crippen LogP contribution is 2.21. The van der Waals surface area contributed by atoms with Crippen LogP contribution in [0.5, 0.6) is 0 Å². The lowest BCUT2D eigenvalue weighted by molar-refractivity contribution is 0.565. The van der Waals surface area contributed by atoms with E-state index in [0.717, 1.165) is 5.69 Å². The molecule has 0 bridgehead atoms. The Kier molecular flexibility index (Phi) is 2.21. The largest absolute Gasteiger partial charge is 0.240 e. The maximum absolute atomic E-state index is 10.2. The standard InChI is InChI=1S/C10H7N3O/c14-8-11-9-4-1-2-5-10(9)13-7-3-6-12-13/h1-7H. The molecule has 0 aliphatic carbocycles. The number of aliphatic imine (C=N–C) groups is 1. The van der Waals surface area contributed by atoms with Gasteiger partial charge in [-0.05, 0) is 18.2 Å². The Morgan fingerprint density at radius 2 is 2.14 bits per heavy atom. The number of para-hydroxylation sites is 2. The fraction of sp³-hybridized carbons (Fsp3) is 0. The minimum absolute atomic E-state index is 0.561. The van der Waals surface area contributed by atoms with Crippen molar-refractivity contribution in [1.29, 1.82) is 0 Å². The first-order valence-corrected chi connectivity index (χ1v) is 4.09. The van der Waals surface area contributed by atoms with Gasteiger partial charge in [0.15, 0.2) is 0 Å². The first kappa shape index (κ1) is 8.41. The molecule has 4 nitrogen and oxygen atoms in total. The van der Waals surface area contributed by atoms with Gasteiger partial charge in [0.1, 0.15) is 5.69 Å². The Bertz CT molecular complexity index is 470. The predicted molar refractivity (Wildman–Crippen MR) is 51.3 cm³/mol. The fourth-order valence-corrected chi connectivity index (χ4v) is 1.21. The Hall–Kier alpha value is -2.19. The molecular formula is C10H7N3O. The second-order valence-electron chi connectivity index (χ2n) is 2.64. The first-order chi connectivity index (χ1) is 6.92.